The fourth-order valence-corrected chi connectivity index (χ4v) is 2.93. The fraction of sp³-hybridized carbons (Fsp3) is 0.0476. The number of ketones is 1. The van der Waals surface area contributed by atoms with Crippen LogP contribution in [0.4, 0.5) is 5.69 Å². The Bertz CT molecular complexity index is 985. The van der Waals surface area contributed by atoms with Crippen molar-refractivity contribution < 1.29 is 19.4 Å². The number of aromatic carboxylic acids is 1. The molecule has 136 valence electrons. The molecule has 0 bridgehead atoms. The second-order valence-corrected chi connectivity index (χ2v) is 6.26. The van der Waals surface area contributed by atoms with Crippen LogP contribution in [0.15, 0.2) is 66.7 Å². The van der Waals surface area contributed by atoms with Crippen LogP contribution >= 0.6 is 11.6 Å². The number of carboxylic acids is 1. The molecule has 3 rings (SSSR count). The highest BCUT2D eigenvalue weighted by Crippen LogP contribution is 2.25. The van der Waals surface area contributed by atoms with Gasteiger partial charge in [0, 0.05) is 10.7 Å². The quantitative estimate of drug-likeness (QED) is 0.483. The molecule has 0 atom stereocenters. The number of carbonyl (C=O) groups is 2. The number of hydrogen-bond donors (Lipinski definition) is 2. The molecule has 27 heavy (non-hydrogen) atoms. The lowest BCUT2D eigenvalue weighted by Gasteiger charge is -2.11. The first-order valence-corrected chi connectivity index (χ1v) is 8.47. The Kier molecular flexibility index (Phi) is 5.43. The number of carbonyl (C=O) groups excluding carboxylic acids is 1. The minimum absolute atomic E-state index is 0.00734. The number of nitrogens with two attached hydrogens (primary N) is 1. The monoisotopic (exact) mass is 381 g/mol. The summed E-state index contributed by atoms with van der Waals surface area (Å²) in [5.74, 6) is -1.32. The third kappa shape index (κ3) is 4.27. The molecule has 0 radical (unpaired) electrons. The molecule has 3 N–H and O–H groups in total. The molecule has 0 saturated heterocycles. The molecule has 0 aliphatic carbocycles. The zero-order valence-corrected chi connectivity index (χ0v) is 14.9. The molecule has 0 heterocycles. The van der Waals surface area contributed by atoms with Crippen LogP contribution in [0.25, 0.3) is 11.1 Å². The molecule has 6 heteroatoms. The number of rotatable bonds is 6. The first-order valence-electron chi connectivity index (χ1n) is 8.09. The van der Waals surface area contributed by atoms with Gasteiger partial charge in [0.25, 0.3) is 0 Å². The standard InChI is InChI=1S/C21H16ClNO4/c22-15-10-17(21(25)26)20(18(23)11-15)19(24)12-27-16-8-6-14(7-9-16)13-4-2-1-3-5-13/h1-11H,12,23H2,(H,25,26). The Morgan fingerprint density at radius 2 is 1.59 bits per heavy atom. The Morgan fingerprint density at radius 1 is 0.963 bits per heavy atom. The Morgan fingerprint density at radius 3 is 2.22 bits per heavy atom. The van der Waals surface area contributed by atoms with Gasteiger partial charge in [-0.1, -0.05) is 54.1 Å². The highest BCUT2D eigenvalue weighted by Gasteiger charge is 2.21. The van der Waals surface area contributed by atoms with E-state index in [0.717, 1.165) is 11.1 Å². The first kappa shape index (κ1) is 18.5. The van der Waals surface area contributed by atoms with Crippen molar-refractivity contribution in [1.82, 2.24) is 0 Å². The van der Waals surface area contributed by atoms with Gasteiger partial charge in [0.1, 0.15) is 5.75 Å². The third-order valence-electron chi connectivity index (χ3n) is 3.97. The van der Waals surface area contributed by atoms with E-state index in [4.69, 9.17) is 22.1 Å². The average molecular weight is 382 g/mol. The third-order valence-corrected chi connectivity index (χ3v) is 4.19. The van der Waals surface area contributed by atoms with Crippen LogP contribution in [-0.2, 0) is 0 Å². The molecule has 3 aromatic carbocycles. The molecule has 0 aliphatic rings. The van der Waals surface area contributed by atoms with Crippen LogP contribution in [0.5, 0.6) is 5.75 Å². The molecule has 0 saturated carbocycles. The van der Waals surface area contributed by atoms with E-state index >= 15 is 0 Å². The summed E-state index contributed by atoms with van der Waals surface area (Å²) < 4.78 is 5.50. The summed E-state index contributed by atoms with van der Waals surface area (Å²) in [6.45, 7) is -0.337. The van der Waals surface area contributed by atoms with E-state index in [1.807, 2.05) is 42.5 Å². The second-order valence-electron chi connectivity index (χ2n) is 5.82. The molecular weight excluding hydrogens is 366 g/mol. The number of benzene rings is 3. The molecule has 0 spiro atoms. The second kappa shape index (κ2) is 7.93. The van der Waals surface area contributed by atoms with Crippen molar-refractivity contribution in [3.05, 3.63) is 82.9 Å². The van der Waals surface area contributed by atoms with Gasteiger partial charge in [-0.25, -0.2) is 4.79 Å². The minimum Gasteiger partial charge on any atom is -0.485 e. The summed E-state index contributed by atoms with van der Waals surface area (Å²) in [6, 6.07) is 19.6. The molecule has 0 aromatic heterocycles. The molecule has 0 fully saturated rings. The summed E-state index contributed by atoms with van der Waals surface area (Å²) in [5.41, 5.74) is 7.54. The van der Waals surface area contributed by atoms with Crippen LogP contribution in [0.2, 0.25) is 5.02 Å². The maximum Gasteiger partial charge on any atom is 0.336 e. The summed E-state index contributed by atoms with van der Waals surface area (Å²) in [5, 5.41) is 9.43. The predicted octanol–water partition coefficient (Wildman–Crippen LogP) is 4.55. The molecule has 0 unspecified atom stereocenters. The zero-order chi connectivity index (χ0) is 19.4. The summed E-state index contributed by atoms with van der Waals surface area (Å²) >= 11 is 5.82. The number of carboxylic acid groups (broad SMARTS) is 1. The van der Waals surface area contributed by atoms with Crippen LogP contribution < -0.4 is 10.5 Å². The summed E-state index contributed by atoms with van der Waals surface area (Å²) in [6.07, 6.45) is 0. The van der Waals surface area contributed by atoms with E-state index in [-0.39, 0.29) is 28.4 Å². The SMILES string of the molecule is Nc1cc(Cl)cc(C(=O)O)c1C(=O)COc1ccc(-c2ccccc2)cc1. The summed E-state index contributed by atoms with van der Waals surface area (Å²) in [4.78, 5) is 23.8. The Labute approximate surface area is 161 Å². The number of ether oxygens (including phenoxy) is 1. The molecular formula is C21H16ClNO4. The van der Waals surface area contributed by atoms with Gasteiger partial charge >= 0.3 is 5.97 Å². The lowest BCUT2D eigenvalue weighted by atomic mass is 10.0. The zero-order valence-electron chi connectivity index (χ0n) is 14.2. The number of Topliss-reactive ketones (excluding diaryl/α,β-unsaturated/α-hetero) is 1. The van der Waals surface area contributed by atoms with E-state index in [0.29, 0.717) is 5.75 Å². The van der Waals surface area contributed by atoms with E-state index in [1.165, 1.54) is 12.1 Å². The maximum atomic E-state index is 12.5. The topological polar surface area (TPSA) is 89.6 Å². The number of hydrogen-bond acceptors (Lipinski definition) is 4. The van der Waals surface area contributed by atoms with E-state index in [2.05, 4.69) is 0 Å². The van der Waals surface area contributed by atoms with Crippen molar-refractivity contribution in [3.63, 3.8) is 0 Å². The number of halogens is 1. The lowest BCUT2D eigenvalue weighted by Crippen LogP contribution is -2.18. The van der Waals surface area contributed by atoms with Gasteiger partial charge in [0.2, 0.25) is 5.78 Å². The van der Waals surface area contributed by atoms with Gasteiger partial charge in [0.15, 0.2) is 6.61 Å². The van der Waals surface area contributed by atoms with Crippen LogP contribution in [0.1, 0.15) is 20.7 Å². The largest absolute Gasteiger partial charge is 0.485 e. The van der Waals surface area contributed by atoms with E-state index in [9.17, 15) is 14.7 Å². The average Bonchev–Trinajstić information content (AvgIpc) is 2.66. The maximum absolute atomic E-state index is 12.5. The normalized spacial score (nSPS) is 10.4. The van der Waals surface area contributed by atoms with Gasteiger partial charge in [0.05, 0.1) is 11.1 Å². The molecule has 0 aliphatic heterocycles. The van der Waals surface area contributed by atoms with E-state index in [1.54, 1.807) is 12.1 Å². The fourth-order valence-electron chi connectivity index (χ4n) is 2.70. The van der Waals surface area contributed by atoms with Crippen molar-refractivity contribution in [2.45, 2.75) is 0 Å². The smallest absolute Gasteiger partial charge is 0.336 e. The molecule has 5 nitrogen and oxygen atoms in total. The molecule has 3 aromatic rings. The summed E-state index contributed by atoms with van der Waals surface area (Å²) in [7, 11) is 0. The highest BCUT2D eigenvalue weighted by atomic mass is 35.5. The number of anilines is 1. The van der Waals surface area contributed by atoms with Crippen molar-refractivity contribution in [2.24, 2.45) is 0 Å². The molecule has 0 amide bonds. The van der Waals surface area contributed by atoms with Gasteiger partial charge < -0.3 is 15.6 Å². The van der Waals surface area contributed by atoms with Gasteiger partial charge in [-0.3, -0.25) is 4.79 Å². The number of nitrogen functional groups attached to an aromatic ring is 1. The lowest BCUT2D eigenvalue weighted by molar-refractivity contribution is 0.0690. The van der Waals surface area contributed by atoms with Crippen molar-refractivity contribution in [1.29, 1.82) is 0 Å². The van der Waals surface area contributed by atoms with Crippen LogP contribution in [0.3, 0.4) is 0 Å². The van der Waals surface area contributed by atoms with E-state index < -0.39 is 11.8 Å². The minimum atomic E-state index is -1.28. The van der Waals surface area contributed by atoms with Crippen molar-refractivity contribution in [3.8, 4) is 16.9 Å². The Balaban J connectivity index is 1.74. The van der Waals surface area contributed by atoms with Gasteiger partial charge in [-0.05, 0) is 35.4 Å². The van der Waals surface area contributed by atoms with Crippen LogP contribution in [0, 0.1) is 0 Å². The van der Waals surface area contributed by atoms with Crippen molar-refractivity contribution in [2.75, 3.05) is 12.3 Å². The predicted molar refractivity (Wildman–Crippen MR) is 105 cm³/mol. The van der Waals surface area contributed by atoms with Gasteiger partial charge in [-0.15, -0.1) is 0 Å². The van der Waals surface area contributed by atoms with Crippen LogP contribution in [-0.4, -0.2) is 23.5 Å². The van der Waals surface area contributed by atoms with Crippen molar-refractivity contribution >= 4 is 29.0 Å². The first-order chi connectivity index (χ1) is 13.0. The Hall–Kier alpha value is -3.31. The van der Waals surface area contributed by atoms with Gasteiger partial charge in [-0.2, -0.15) is 0 Å². The highest BCUT2D eigenvalue weighted by molar-refractivity contribution is 6.31.